The molecular formula is C14H17ClF3NO. The molecule has 0 bridgehead atoms. The van der Waals surface area contributed by atoms with Gasteiger partial charge in [0.1, 0.15) is 0 Å². The van der Waals surface area contributed by atoms with Crippen molar-refractivity contribution in [1.82, 2.24) is 5.32 Å². The largest absolute Gasteiger partial charge is 0.417 e. The number of rotatable bonds is 5. The number of nitrogens with one attached hydrogen (secondary N) is 1. The molecule has 0 aliphatic rings. The van der Waals surface area contributed by atoms with Gasteiger partial charge in [0.25, 0.3) is 5.91 Å². The van der Waals surface area contributed by atoms with Crippen LogP contribution in [-0.4, -0.2) is 17.8 Å². The van der Waals surface area contributed by atoms with E-state index >= 15 is 0 Å². The smallest absolute Gasteiger partial charge is 0.348 e. The van der Waals surface area contributed by atoms with Gasteiger partial charge in [-0.05, 0) is 24.5 Å². The number of carbonyl (C=O) groups is 1. The van der Waals surface area contributed by atoms with Crippen molar-refractivity contribution in [3.8, 4) is 0 Å². The Morgan fingerprint density at radius 3 is 2.40 bits per heavy atom. The predicted octanol–water partition coefficient (Wildman–Crippen LogP) is 4.09. The average molecular weight is 308 g/mol. The van der Waals surface area contributed by atoms with Gasteiger partial charge >= 0.3 is 6.18 Å². The van der Waals surface area contributed by atoms with Crippen LogP contribution < -0.4 is 5.32 Å². The van der Waals surface area contributed by atoms with Crippen molar-refractivity contribution in [1.29, 1.82) is 0 Å². The summed E-state index contributed by atoms with van der Waals surface area (Å²) in [7, 11) is 0. The van der Waals surface area contributed by atoms with Crippen LogP contribution in [0.2, 0.25) is 0 Å². The zero-order chi connectivity index (χ0) is 15.3. The molecule has 0 saturated heterocycles. The molecule has 0 spiro atoms. The first kappa shape index (κ1) is 16.8. The molecule has 0 radical (unpaired) electrons. The fourth-order valence-corrected chi connectivity index (χ4v) is 2.12. The van der Waals surface area contributed by atoms with Crippen LogP contribution in [0, 0.1) is 5.92 Å². The van der Waals surface area contributed by atoms with Gasteiger partial charge in [-0.2, -0.15) is 13.2 Å². The predicted molar refractivity (Wildman–Crippen MR) is 72.9 cm³/mol. The SMILES string of the molecule is CC(C)CC(CCl)NC(=O)c1ccccc1C(F)(F)F. The molecule has 1 unspecified atom stereocenters. The van der Waals surface area contributed by atoms with Gasteiger partial charge in [-0.3, -0.25) is 4.79 Å². The first-order valence-electron chi connectivity index (χ1n) is 6.28. The van der Waals surface area contributed by atoms with E-state index in [1.165, 1.54) is 18.2 Å². The Labute approximate surface area is 121 Å². The Morgan fingerprint density at radius 1 is 1.30 bits per heavy atom. The van der Waals surface area contributed by atoms with Crippen molar-refractivity contribution in [3.05, 3.63) is 35.4 Å². The van der Waals surface area contributed by atoms with E-state index < -0.39 is 17.6 Å². The summed E-state index contributed by atoms with van der Waals surface area (Å²) in [6.07, 6.45) is -3.94. The van der Waals surface area contributed by atoms with Crippen LogP contribution in [0.25, 0.3) is 0 Å². The standard InChI is InChI=1S/C14H17ClF3NO/c1-9(2)7-10(8-15)19-13(20)11-5-3-4-6-12(11)14(16,17)18/h3-6,9-10H,7-8H2,1-2H3,(H,19,20). The van der Waals surface area contributed by atoms with Gasteiger partial charge in [0, 0.05) is 11.9 Å². The highest BCUT2D eigenvalue weighted by Gasteiger charge is 2.35. The maximum atomic E-state index is 12.8. The summed E-state index contributed by atoms with van der Waals surface area (Å²) >= 11 is 5.74. The molecule has 1 aromatic rings. The van der Waals surface area contributed by atoms with Crippen LogP contribution in [0.3, 0.4) is 0 Å². The molecule has 0 heterocycles. The van der Waals surface area contributed by atoms with Crippen molar-refractivity contribution >= 4 is 17.5 Å². The summed E-state index contributed by atoms with van der Waals surface area (Å²) in [6, 6.07) is 4.38. The lowest BCUT2D eigenvalue weighted by Crippen LogP contribution is -2.38. The quantitative estimate of drug-likeness (QED) is 0.816. The summed E-state index contributed by atoms with van der Waals surface area (Å²) in [5.74, 6) is -0.292. The highest BCUT2D eigenvalue weighted by Crippen LogP contribution is 2.31. The van der Waals surface area contributed by atoms with Gasteiger partial charge in [0.15, 0.2) is 0 Å². The maximum absolute atomic E-state index is 12.8. The Morgan fingerprint density at radius 2 is 1.90 bits per heavy atom. The molecular weight excluding hydrogens is 291 g/mol. The van der Waals surface area contributed by atoms with Crippen molar-refractivity contribution in [2.45, 2.75) is 32.5 Å². The Bertz CT molecular complexity index is 460. The molecule has 1 atom stereocenters. The molecule has 0 aromatic heterocycles. The highest BCUT2D eigenvalue weighted by atomic mass is 35.5. The number of alkyl halides is 4. The Hall–Kier alpha value is -1.23. The van der Waals surface area contributed by atoms with E-state index in [0.717, 1.165) is 6.07 Å². The van der Waals surface area contributed by atoms with Crippen LogP contribution in [0.5, 0.6) is 0 Å². The number of benzene rings is 1. The van der Waals surface area contributed by atoms with E-state index in [4.69, 9.17) is 11.6 Å². The second-order valence-electron chi connectivity index (χ2n) is 5.00. The van der Waals surface area contributed by atoms with Crippen molar-refractivity contribution in [2.24, 2.45) is 5.92 Å². The summed E-state index contributed by atoms with van der Waals surface area (Å²) in [6.45, 7) is 3.91. The molecule has 0 saturated carbocycles. The molecule has 20 heavy (non-hydrogen) atoms. The van der Waals surface area contributed by atoms with Gasteiger partial charge in [0.2, 0.25) is 0 Å². The highest BCUT2D eigenvalue weighted by molar-refractivity contribution is 6.18. The van der Waals surface area contributed by atoms with Crippen LogP contribution in [0.15, 0.2) is 24.3 Å². The molecule has 1 amide bonds. The first-order chi connectivity index (χ1) is 9.25. The van der Waals surface area contributed by atoms with Crippen LogP contribution in [-0.2, 0) is 6.18 Å². The minimum atomic E-state index is -4.55. The van der Waals surface area contributed by atoms with Crippen LogP contribution in [0.1, 0.15) is 36.2 Å². The van der Waals surface area contributed by atoms with Crippen LogP contribution >= 0.6 is 11.6 Å². The molecule has 2 nitrogen and oxygen atoms in total. The van der Waals surface area contributed by atoms with E-state index in [0.29, 0.717) is 6.42 Å². The van der Waals surface area contributed by atoms with Crippen LogP contribution in [0.4, 0.5) is 13.2 Å². The van der Waals surface area contributed by atoms with E-state index in [9.17, 15) is 18.0 Å². The number of hydrogen-bond acceptors (Lipinski definition) is 1. The van der Waals surface area contributed by atoms with Gasteiger partial charge < -0.3 is 5.32 Å². The van der Waals surface area contributed by atoms with Gasteiger partial charge in [-0.1, -0.05) is 26.0 Å². The molecule has 0 aliphatic carbocycles. The number of amides is 1. The maximum Gasteiger partial charge on any atom is 0.417 e. The van der Waals surface area contributed by atoms with E-state index in [2.05, 4.69) is 5.32 Å². The second kappa shape index (κ2) is 6.97. The monoisotopic (exact) mass is 307 g/mol. The molecule has 112 valence electrons. The minimum absolute atomic E-state index is 0.165. The third kappa shape index (κ3) is 4.71. The van der Waals surface area contributed by atoms with Crippen molar-refractivity contribution in [3.63, 3.8) is 0 Å². The van der Waals surface area contributed by atoms with Crippen molar-refractivity contribution in [2.75, 3.05) is 5.88 Å². The number of halogens is 4. The summed E-state index contributed by atoms with van der Waals surface area (Å²) in [4.78, 5) is 12.0. The number of hydrogen-bond donors (Lipinski definition) is 1. The minimum Gasteiger partial charge on any atom is -0.348 e. The average Bonchev–Trinajstić information content (AvgIpc) is 2.36. The van der Waals surface area contributed by atoms with E-state index in [1.807, 2.05) is 13.8 Å². The Kier molecular flexibility index (Phi) is 5.87. The summed E-state index contributed by atoms with van der Waals surface area (Å²) in [5, 5.41) is 2.56. The van der Waals surface area contributed by atoms with E-state index in [1.54, 1.807) is 0 Å². The lowest BCUT2D eigenvalue weighted by molar-refractivity contribution is -0.137. The third-order valence-electron chi connectivity index (χ3n) is 2.75. The lowest BCUT2D eigenvalue weighted by atomic mass is 10.0. The second-order valence-corrected chi connectivity index (χ2v) is 5.31. The summed E-state index contributed by atoms with van der Waals surface area (Å²) < 4.78 is 38.5. The summed E-state index contributed by atoms with van der Waals surface area (Å²) in [5.41, 5.74) is -1.31. The van der Waals surface area contributed by atoms with Gasteiger partial charge in [0.05, 0.1) is 11.1 Å². The molecule has 6 heteroatoms. The fraction of sp³-hybridized carbons (Fsp3) is 0.500. The molecule has 1 rings (SSSR count). The fourth-order valence-electron chi connectivity index (χ4n) is 1.92. The molecule has 0 fully saturated rings. The normalized spacial score (nSPS) is 13.3. The van der Waals surface area contributed by atoms with Gasteiger partial charge in [-0.25, -0.2) is 0 Å². The first-order valence-corrected chi connectivity index (χ1v) is 6.82. The number of carbonyl (C=O) groups excluding carboxylic acids is 1. The van der Waals surface area contributed by atoms with Gasteiger partial charge in [-0.15, -0.1) is 11.6 Å². The third-order valence-corrected chi connectivity index (χ3v) is 3.13. The topological polar surface area (TPSA) is 29.1 Å². The molecule has 0 aliphatic heterocycles. The molecule has 1 N–H and O–H groups in total. The van der Waals surface area contributed by atoms with Crippen molar-refractivity contribution < 1.29 is 18.0 Å². The lowest BCUT2D eigenvalue weighted by Gasteiger charge is -2.19. The Balaban J connectivity index is 2.93. The zero-order valence-electron chi connectivity index (χ0n) is 11.3. The van der Waals surface area contributed by atoms with E-state index in [-0.39, 0.29) is 23.4 Å². The zero-order valence-corrected chi connectivity index (χ0v) is 12.1. The molecule has 1 aromatic carbocycles.